The summed E-state index contributed by atoms with van der Waals surface area (Å²) in [5.74, 6) is -1.30. The lowest BCUT2D eigenvalue weighted by molar-refractivity contribution is 0.0692. The molecule has 27 heavy (non-hydrogen) atoms. The summed E-state index contributed by atoms with van der Waals surface area (Å²) in [6.45, 7) is 0. The minimum atomic E-state index is -1.30. The van der Waals surface area contributed by atoms with Crippen LogP contribution in [0.15, 0.2) is 94.1 Å². The molecule has 3 aromatic carbocycles. The molecule has 0 saturated heterocycles. The van der Waals surface area contributed by atoms with Crippen LogP contribution in [0.2, 0.25) is 0 Å². The average Bonchev–Trinajstić information content (AvgIpc) is 2.69. The molecule has 1 aromatic heterocycles. The predicted octanol–water partition coefficient (Wildman–Crippen LogP) is 4.96. The Morgan fingerprint density at radius 1 is 0.778 bits per heavy atom. The van der Waals surface area contributed by atoms with Gasteiger partial charge in [0.15, 0.2) is 0 Å². The second kappa shape index (κ2) is 6.80. The van der Waals surface area contributed by atoms with Crippen LogP contribution in [0.1, 0.15) is 10.4 Å². The van der Waals surface area contributed by atoms with Gasteiger partial charge < -0.3 is 14.4 Å². The van der Waals surface area contributed by atoms with E-state index in [1.807, 2.05) is 71.6 Å². The minimum absolute atomic E-state index is 0.333. The molecule has 0 saturated carbocycles. The van der Waals surface area contributed by atoms with E-state index in [0.717, 1.165) is 17.1 Å². The van der Waals surface area contributed by atoms with Crippen LogP contribution in [0.3, 0.4) is 0 Å². The maximum absolute atomic E-state index is 11.9. The third-order valence-electron chi connectivity index (χ3n) is 4.24. The zero-order valence-corrected chi connectivity index (χ0v) is 14.2. The average molecular weight is 357 g/mol. The van der Waals surface area contributed by atoms with E-state index in [1.165, 1.54) is 6.07 Å². The first-order valence-corrected chi connectivity index (χ1v) is 8.35. The Kier molecular flexibility index (Phi) is 4.18. The maximum atomic E-state index is 11.9. The van der Waals surface area contributed by atoms with Crippen LogP contribution in [-0.2, 0) is 0 Å². The molecule has 0 aliphatic rings. The van der Waals surface area contributed by atoms with Gasteiger partial charge >= 0.3 is 11.6 Å². The molecule has 0 aliphatic carbocycles. The molecule has 1 N–H and O–H groups in total. The standard InChI is InChI=1S/C22H15NO4/c24-21(25)19-13-15-11-12-18(14-20(15)27-22(19)26)23(16-7-3-1-4-8-16)17-9-5-2-6-10-17/h1-14H,(H,24,25). The van der Waals surface area contributed by atoms with Gasteiger partial charge in [-0.05, 0) is 42.5 Å². The van der Waals surface area contributed by atoms with Crippen LogP contribution in [0, 0.1) is 0 Å². The molecule has 0 aliphatic heterocycles. The fraction of sp³-hybridized carbons (Fsp3) is 0. The van der Waals surface area contributed by atoms with Gasteiger partial charge in [-0.15, -0.1) is 0 Å². The van der Waals surface area contributed by atoms with Crippen molar-refractivity contribution < 1.29 is 14.3 Å². The monoisotopic (exact) mass is 357 g/mol. The molecule has 0 spiro atoms. The molecule has 0 fully saturated rings. The summed E-state index contributed by atoms with van der Waals surface area (Å²) in [5.41, 5.74) is 1.79. The van der Waals surface area contributed by atoms with E-state index < -0.39 is 11.6 Å². The van der Waals surface area contributed by atoms with E-state index in [9.17, 15) is 9.59 Å². The maximum Gasteiger partial charge on any atom is 0.351 e. The number of hydrogen-bond acceptors (Lipinski definition) is 4. The number of hydrogen-bond donors (Lipinski definition) is 1. The first-order chi connectivity index (χ1) is 13.1. The van der Waals surface area contributed by atoms with Crippen LogP contribution in [-0.4, -0.2) is 11.1 Å². The molecule has 0 atom stereocenters. The number of benzene rings is 3. The van der Waals surface area contributed by atoms with Crippen molar-refractivity contribution in [3.8, 4) is 0 Å². The van der Waals surface area contributed by atoms with Crippen LogP contribution in [0.25, 0.3) is 11.0 Å². The zero-order valence-electron chi connectivity index (χ0n) is 14.2. The Labute approximate surface area is 154 Å². The summed E-state index contributed by atoms with van der Waals surface area (Å²) in [5, 5.41) is 9.65. The van der Waals surface area contributed by atoms with E-state index >= 15 is 0 Å². The van der Waals surface area contributed by atoms with Crippen LogP contribution >= 0.6 is 0 Å². The molecule has 4 rings (SSSR count). The van der Waals surface area contributed by atoms with Gasteiger partial charge in [-0.25, -0.2) is 9.59 Å². The molecule has 1 heterocycles. The third-order valence-corrected chi connectivity index (χ3v) is 4.24. The van der Waals surface area contributed by atoms with Crippen molar-refractivity contribution in [1.29, 1.82) is 0 Å². The predicted molar refractivity (Wildman–Crippen MR) is 104 cm³/mol. The van der Waals surface area contributed by atoms with Crippen LogP contribution < -0.4 is 10.5 Å². The summed E-state index contributed by atoms with van der Waals surface area (Å²) >= 11 is 0. The van der Waals surface area contributed by atoms with Crippen molar-refractivity contribution in [3.63, 3.8) is 0 Å². The number of carbonyl (C=O) groups is 1. The quantitative estimate of drug-likeness (QED) is 0.523. The van der Waals surface area contributed by atoms with E-state index in [1.54, 1.807) is 12.1 Å². The highest BCUT2D eigenvalue weighted by Gasteiger charge is 2.15. The lowest BCUT2D eigenvalue weighted by Gasteiger charge is -2.25. The highest BCUT2D eigenvalue weighted by atomic mass is 16.4. The lowest BCUT2D eigenvalue weighted by atomic mass is 10.1. The topological polar surface area (TPSA) is 70.8 Å². The van der Waals surface area contributed by atoms with Crippen molar-refractivity contribution in [3.05, 3.63) is 101 Å². The highest BCUT2D eigenvalue weighted by Crippen LogP contribution is 2.35. The number of para-hydroxylation sites is 2. The largest absolute Gasteiger partial charge is 0.477 e. The van der Waals surface area contributed by atoms with Crippen LogP contribution in [0.5, 0.6) is 0 Å². The number of carboxylic acids is 1. The molecule has 4 aromatic rings. The highest BCUT2D eigenvalue weighted by molar-refractivity contribution is 5.93. The van der Waals surface area contributed by atoms with Crippen molar-refractivity contribution in [2.75, 3.05) is 4.90 Å². The van der Waals surface area contributed by atoms with Gasteiger partial charge in [0.2, 0.25) is 0 Å². The van der Waals surface area contributed by atoms with Crippen molar-refractivity contribution in [2.24, 2.45) is 0 Å². The molecular weight excluding hydrogens is 342 g/mol. The fourth-order valence-corrected chi connectivity index (χ4v) is 2.99. The van der Waals surface area contributed by atoms with Crippen molar-refractivity contribution in [1.82, 2.24) is 0 Å². The normalized spacial score (nSPS) is 10.7. The summed E-state index contributed by atoms with van der Waals surface area (Å²) < 4.78 is 5.25. The lowest BCUT2D eigenvalue weighted by Crippen LogP contribution is -2.13. The van der Waals surface area contributed by atoms with Gasteiger partial charge in [-0.1, -0.05) is 36.4 Å². The molecule has 0 radical (unpaired) electrons. The number of rotatable bonds is 4. The van der Waals surface area contributed by atoms with Gasteiger partial charge in [0, 0.05) is 28.5 Å². The second-order valence-electron chi connectivity index (χ2n) is 5.98. The molecule has 0 unspecified atom stereocenters. The van der Waals surface area contributed by atoms with Gasteiger partial charge in [-0.2, -0.15) is 0 Å². The van der Waals surface area contributed by atoms with E-state index in [0.29, 0.717) is 11.0 Å². The zero-order chi connectivity index (χ0) is 18.8. The SMILES string of the molecule is O=C(O)c1cc2ccc(N(c3ccccc3)c3ccccc3)cc2oc1=O. The number of nitrogens with zero attached hydrogens (tertiary/aromatic N) is 1. The number of fused-ring (bicyclic) bond motifs is 1. The van der Waals surface area contributed by atoms with Crippen molar-refractivity contribution >= 4 is 34.0 Å². The third kappa shape index (κ3) is 3.18. The molecule has 132 valence electrons. The molecule has 5 heteroatoms. The van der Waals surface area contributed by atoms with Gasteiger partial charge in [0.25, 0.3) is 0 Å². The Morgan fingerprint density at radius 3 is 1.93 bits per heavy atom. The molecular formula is C22H15NO4. The summed E-state index contributed by atoms with van der Waals surface area (Å²) in [6.07, 6.45) is 0. The van der Waals surface area contributed by atoms with Gasteiger partial charge in [0.05, 0.1) is 0 Å². The minimum Gasteiger partial charge on any atom is -0.477 e. The first kappa shape index (κ1) is 16.6. The molecule has 0 amide bonds. The van der Waals surface area contributed by atoms with E-state index in [2.05, 4.69) is 0 Å². The Hall–Kier alpha value is -3.86. The fourth-order valence-electron chi connectivity index (χ4n) is 2.99. The van der Waals surface area contributed by atoms with E-state index in [4.69, 9.17) is 9.52 Å². The van der Waals surface area contributed by atoms with Gasteiger partial charge in [0.1, 0.15) is 11.1 Å². The van der Waals surface area contributed by atoms with Crippen molar-refractivity contribution in [2.45, 2.75) is 0 Å². The number of carboxylic acid groups (broad SMARTS) is 1. The smallest absolute Gasteiger partial charge is 0.351 e. The molecule has 5 nitrogen and oxygen atoms in total. The number of anilines is 3. The van der Waals surface area contributed by atoms with Crippen LogP contribution in [0.4, 0.5) is 17.1 Å². The van der Waals surface area contributed by atoms with Gasteiger partial charge in [-0.3, -0.25) is 0 Å². The second-order valence-corrected chi connectivity index (χ2v) is 5.98. The summed E-state index contributed by atoms with van der Waals surface area (Å²) in [6, 6.07) is 26.3. The molecule has 0 bridgehead atoms. The number of aromatic carboxylic acids is 1. The Balaban J connectivity index is 1.90. The Morgan fingerprint density at radius 2 is 1.37 bits per heavy atom. The summed E-state index contributed by atoms with van der Waals surface area (Å²) in [4.78, 5) is 25.1. The summed E-state index contributed by atoms with van der Waals surface area (Å²) in [7, 11) is 0. The van der Waals surface area contributed by atoms with E-state index in [-0.39, 0.29) is 5.56 Å². The first-order valence-electron chi connectivity index (χ1n) is 8.35. The Bertz CT molecular complexity index is 1130.